The van der Waals surface area contributed by atoms with E-state index in [1.807, 2.05) is 0 Å². The Labute approximate surface area is 107 Å². The summed E-state index contributed by atoms with van der Waals surface area (Å²) in [6.07, 6.45) is 3.98. The molecule has 6 heteroatoms. The molecular formula is C11H18ClN5. The van der Waals surface area contributed by atoms with E-state index >= 15 is 0 Å². The summed E-state index contributed by atoms with van der Waals surface area (Å²) in [7, 11) is 1.78. The van der Waals surface area contributed by atoms with Gasteiger partial charge in [0.1, 0.15) is 0 Å². The molecule has 1 aliphatic rings. The van der Waals surface area contributed by atoms with Gasteiger partial charge in [-0.2, -0.15) is 15.0 Å². The number of nitrogens with zero attached hydrogens (tertiary/aromatic N) is 4. The molecule has 0 aromatic carbocycles. The molecule has 0 bridgehead atoms. The summed E-state index contributed by atoms with van der Waals surface area (Å²) in [6.45, 7) is 4.01. The van der Waals surface area contributed by atoms with E-state index in [4.69, 9.17) is 11.6 Å². The monoisotopic (exact) mass is 255 g/mol. The third kappa shape index (κ3) is 2.97. The molecule has 0 spiro atoms. The second-order valence-electron chi connectivity index (χ2n) is 4.31. The lowest BCUT2D eigenvalue weighted by atomic mass is 9.85. The largest absolute Gasteiger partial charge is 0.357 e. The minimum Gasteiger partial charge on any atom is -0.357 e. The number of rotatable bonds is 5. The number of aromatic nitrogens is 3. The molecule has 1 aromatic rings. The van der Waals surface area contributed by atoms with E-state index in [0.29, 0.717) is 11.9 Å². The number of hydrogen-bond donors (Lipinski definition) is 1. The Morgan fingerprint density at radius 1 is 1.35 bits per heavy atom. The van der Waals surface area contributed by atoms with Crippen molar-refractivity contribution >= 4 is 23.5 Å². The van der Waals surface area contributed by atoms with Crippen LogP contribution in [-0.2, 0) is 0 Å². The molecule has 2 rings (SSSR count). The Balaban J connectivity index is 2.13. The zero-order valence-electron chi connectivity index (χ0n) is 10.3. The lowest BCUT2D eigenvalue weighted by Crippen LogP contribution is -2.33. The second kappa shape index (κ2) is 5.49. The third-order valence-corrected chi connectivity index (χ3v) is 3.36. The first-order valence-electron chi connectivity index (χ1n) is 6.07. The molecule has 0 radical (unpaired) electrons. The van der Waals surface area contributed by atoms with Gasteiger partial charge in [0.05, 0.1) is 0 Å². The van der Waals surface area contributed by atoms with Crippen LogP contribution in [0.15, 0.2) is 0 Å². The van der Waals surface area contributed by atoms with Gasteiger partial charge >= 0.3 is 0 Å². The maximum atomic E-state index is 5.89. The van der Waals surface area contributed by atoms with Crippen molar-refractivity contribution in [1.82, 2.24) is 15.0 Å². The van der Waals surface area contributed by atoms with Crippen LogP contribution in [0.3, 0.4) is 0 Å². The third-order valence-electron chi connectivity index (χ3n) is 3.19. The zero-order valence-corrected chi connectivity index (χ0v) is 11.0. The van der Waals surface area contributed by atoms with E-state index in [1.54, 1.807) is 7.05 Å². The molecule has 1 aromatic heterocycles. The number of anilines is 2. The average Bonchev–Trinajstić information content (AvgIpc) is 2.27. The summed E-state index contributed by atoms with van der Waals surface area (Å²) < 4.78 is 0. The first-order valence-corrected chi connectivity index (χ1v) is 6.45. The maximum absolute atomic E-state index is 5.89. The fourth-order valence-electron chi connectivity index (χ4n) is 1.93. The van der Waals surface area contributed by atoms with Crippen LogP contribution in [0.25, 0.3) is 0 Å². The highest BCUT2D eigenvalue weighted by Crippen LogP contribution is 2.28. The molecule has 5 nitrogen and oxygen atoms in total. The minimum atomic E-state index is 0.242. The highest BCUT2D eigenvalue weighted by atomic mass is 35.5. The van der Waals surface area contributed by atoms with Crippen molar-refractivity contribution in [2.24, 2.45) is 5.92 Å². The summed E-state index contributed by atoms with van der Waals surface area (Å²) in [5, 5.41) is 3.14. The summed E-state index contributed by atoms with van der Waals surface area (Å²) in [6, 6.07) is 0. The molecule has 1 fully saturated rings. The van der Waals surface area contributed by atoms with E-state index in [2.05, 4.69) is 32.1 Å². The van der Waals surface area contributed by atoms with Gasteiger partial charge in [0, 0.05) is 20.1 Å². The van der Waals surface area contributed by atoms with Crippen molar-refractivity contribution in [1.29, 1.82) is 0 Å². The molecule has 94 valence electrons. The van der Waals surface area contributed by atoms with Crippen molar-refractivity contribution in [2.75, 3.05) is 30.4 Å². The standard InChI is InChI=1S/C11H18ClN5/c1-3-17(7-8-5-4-6-8)11-15-9(12)14-10(13-2)16-11/h8H,3-7H2,1-2H3,(H,13,14,15,16). The van der Waals surface area contributed by atoms with Crippen LogP contribution in [0.2, 0.25) is 5.28 Å². The SMILES string of the molecule is CCN(CC1CCC1)c1nc(Cl)nc(NC)n1. The lowest BCUT2D eigenvalue weighted by Gasteiger charge is -2.31. The van der Waals surface area contributed by atoms with E-state index < -0.39 is 0 Å². The molecule has 0 atom stereocenters. The predicted molar refractivity (Wildman–Crippen MR) is 69.6 cm³/mol. The van der Waals surface area contributed by atoms with Gasteiger partial charge in [-0.15, -0.1) is 0 Å². The Hall–Kier alpha value is -1.10. The van der Waals surface area contributed by atoms with Crippen LogP contribution in [-0.4, -0.2) is 35.1 Å². The van der Waals surface area contributed by atoms with Crippen molar-refractivity contribution in [2.45, 2.75) is 26.2 Å². The van der Waals surface area contributed by atoms with Gasteiger partial charge in [-0.3, -0.25) is 0 Å². The molecule has 17 heavy (non-hydrogen) atoms. The Morgan fingerprint density at radius 2 is 2.12 bits per heavy atom. The highest BCUT2D eigenvalue weighted by molar-refractivity contribution is 6.28. The van der Waals surface area contributed by atoms with E-state index in [9.17, 15) is 0 Å². The first kappa shape index (κ1) is 12.4. The van der Waals surface area contributed by atoms with E-state index in [0.717, 1.165) is 19.0 Å². The highest BCUT2D eigenvalue weighted by Gasteiger charge is 2.21. The molecule has 1 heterocycles. The minimum absolute atomic E-state index is 0.242. The fourth-order valence-corrected chi connectivity index (χ4v) is 2.09. The Morgan fingerprint density at radius 3 is 2.65 bits per heavy atom. The number of halogens is 1. The topological polar surface area (TPSA) is 53.9 Å². The van der Waals surface area contributed by atoms with Crippen molar-refractivity contribution in [3.8, 4) is 0 Å². The van der Waals surface area contributed by atoms with Crippen molar-refractivity contribution in [3.05, 3.63) is 5.28 Å². The summed E-state index contributed by atoms with van der Waals surface area (Å²) >= 11 is 5.89. The number of nitrogens with one attached hydrogen (secondary N) is 1. The maximum Gasteiger partial charge on any atom is 0.231 e. The van der Waals surface area contributed by atoms with Gasteiger partial charge in [0.15, 0.2) is 0 Å². The van der Waals surface area contributed by atoms with Crippen LogP contribution < -0.4 is 10.2 Å². The van der Waals surface area contributed by atoms with Gasteiger partial charge < -0.3 is 10.2 Å². The average molecular weight is 256 g/mol. The molecule has 0 unspecified atom stereocenters. The predicted octanol–water partition coefficient (Wildman–Crippen LogP) is 2.19. The van der Waals surface area contributed by atoms with Gasteiger partial charge in [-0.25, -0.2) is 0 Å². The smallest absolute Gasteiger partial charge is 0.231 e. The quantitative estimate of drug-likeness (QED) is 0.874. The van der Waals surface area contributed by atoms with Gasteiger partial charge in [0.25, 0.3) is 0 Å². The van der Waals surface area contributed by atoms with E-state index in [1.165, 1.54) is 19.3 Å². The lowest BCUT2D eigenvalue weighted by molar-refractivity contribution is 0.317. The molecule has 1 aliphatic carbocycles. The summed E-state index contributed by atoms with van der Waals surface area (Å²) in [4.78, 5) is 14.7. The Bertz CT molecular complexity index is 380. The molecule has 1 saturated carbocycles. The van der Waals surface area contributed by atoms with Gasteiger partial charge in [-0.05, 0) is 37.3 Å². The molecule has 1 N–H and O–H groups in total. The molecule has 0 saturated heterocycles. The molecular weight excluding hydrogens is 238 g/mol. The van der Waals surface area contributed by atoms with Crippen LogP contribution in [0.1, 0.15) is 26.2 Å². The van der Waals surface area contributed by atoms with Crippen LogP contribution >= 0.6 is 11.6 Å². The molecule has 0 amide bonds. The van der Waals surface area contributed by atoms with Crippen molar-refractivity contribution in [3.63, 3.8) is 0 Å². The van der Waals surface area contributed by atoms with Crippen LogP contribution in [0, 0.1) is 5.92 Å². The first-order chi connectivity index (χ1) is 8.22. The van der Waals surface area contributed by atoms with Crippen LogP contribution in [0.4, 0.5) is 11.9 Å². The normalized spacial score (nSPS) is 15.5. The molecule has 0 aliphatic heterocycles. The zero-order chi connectivity index (χ0) is 12.3. The summed E-state index contributed by atoms with van der Waals surface area (Å²) in [5.41, 5.74) is 0. The second-order valence-corrected chi connectivity index (χ2v) is 4.65. The van der Waals surface area contributed by atoms with Gasteiger partial charge in [0.2, 0.25) is 17.2 Å². The number of hydrogen-bond acceptors (Lipinski definition) is 5. The fraction of sp³-hybridized carbons (Fsp3) is 0.727. The van der Waals surface area contributed by atoms with E-state index in [-0.39, 0.29) is 5.28 Å². The van der Waals surface area contributed by atoms with Crippen molar-refractivity contribution < 1.29 is 0 Å². The Kier molecular flexibility index (Phi) is 3.99. The summed E-state index contributed by atoms with van der Waals surface area (Å²) in [5.74, 6) is 1.97. The van der Waals surface area contributed by atoms with Gasteiger partial charge in [-0.1, -0.05) is 6.42 Å². The van der Waals surface area contributed by atoms with Crippen LogP contribution in [0.5, 0.6) is 0 Å².